The van der Waals surface area contributed by atoms with E-state index in [1.54, 1.807) is 13.4 Å². The topological polar surface area (TPSA) is 55.2 Å². The average molecular weight is 394 g/mol. The molecule has 0 bridgehead atoms. The van der Waals surface area contributed by atoms with Crippen molar-refractivity contribution in [3.63, 3.8) is 0 Å². The molecule has 0 N–H and O–H groups in total. The molecule has 1 aliphatic rings. The Morgan fingerprint density at radius 3 is 2.66 bits per heavy atom. The van der Waals surface area contributed by atoms with Gasteiger partial charge in [0.05, 0.1) is 32.1 Å². The van der Waals surface area contributed by atoms with Crippen LogP contribution in [0.2, 0.25) is 0 Å². The molecule has 1 saturated heterocycles. The summed E-state index contributed by atoms with van der Waals surface area (Å²) in [5.41, 5.74) is 2.75. The smallest absolute Gasteiger partial charge is 0.227 e. The van der Waals surface area contributed by atoms with E-state index in [1.807, 2.05) is 48.2 Å². The number of furan rings is 1. The molecule has 0 saturated carbocycles. The predicted octanol–water partition coefficient (Wildman–Crippen LogP) is 3.73. The quantitative estimate of drug-likeness (QED) is 0.638. The maximum atomic E-state index is 12.9. The minimum Gasteiger partial charge on any atom is -0.497 e. The van der Waals surface area contributed by atoms with Gasteiger partial charge in [-0.2, -0.15) is 0 Å². The van der Waals surface area contributed by atoms with Crippen molar-refractivity contribution in [2.24, 2.45) is 0 Å². The van der Waals surface area contributed by atoms with Crippen LogP contribution in [-0.4, -0.2) is 50.7 Å². The third-order valence-electron chi connectivity index (χ3n) is 5.34. The molecule has 1 aromatic heterocycles. The Bertz CT molecular complexity index is 989. The van der Waals surface area contributed by atoms with Crippen LogP contribution in [-0.2, 0) is 11.2 Å². The van der Waals surface area contributed by atoms with Crippen LogP contribution in [0.1, 0.15) is 12.5 Å². The third kappa shape index (κ3) is 4.01. The second-order valence-electron chi connectivity index (χ2n) is 7.07. The molecule has 0 spiro atoms. The highest BCUT2D eigenvalue weighted by Gasteiger charge is 2.24. The minimum atomic E-state index is 0.126. The second-order valence-corrected chi connectivity index (χ2v) is 7.07. The van der Waals surface area contributed by atoms with E-state index in [0.717, 1.165) is 46.8 Å². The van der Waals surface area contributed by atoms with Crippen LogP contribution in [0.3, 0.4) is 0 Å². The fourth-order valence-electron chi connectivity index (χ4n) is 3.79. The highest BCUT2D eigenvalue weighted by molar-refractivity contribution is 5.88. The first kappa shape index (κ1) is 19.2. The number of rotatable bonds is 6. The van der Waals surface area contributed by atoms with E-state index in [2.05, 4.69) is 11.0 Å². The Hall–Kier alpha value is -3.15. The van der Waals surface area contributed by atoms with Crippen molar-refractivity contribution in [2.75, 3.05) is 44.8 Å². The predicted molar refractivity (Wildman–Crippen MR) is 113 cm³/mol. The van der Waals surface area contributed by atoms with Gasteiger partial charge >= 0.3 is 0 Å². The first-order valence-electron chi connectivity index (χ1n) is 9.98. The van der Waals surface area contributed by atoms with Crippen molar-refractivity contribution in [3.8, 4) is 11.5 Å². The standard InChI is InChI=1S/C23H26N2O4/c1-3-28-21-7-5-4-6-20(21)24-10-12-25(13-11-24)23(26)14-17-16-29-22-15-18(27-2)8-9-19(17)22/h4-9,15-16H,3,10-14H2,1-2H3. The maximum Gasteiger partial charge on any atom is 0.227 e. The van der Waals surface area contributed by atoms with E-state index in [-0.39, 0.29) is 5.91 Å². The highest BCUT2D eigenvalue weighted by atomic mass is 16.5. The van der Waals surface area contributed by atoms with E-state index >= 15 is 0 Å². The van der Waals surface area contributed by atoms with Crippen LogP contribution in [0.4, 0.5) is 5.69 Å². The molecule has 0 atom stereocenters. The molecule has 6 heteroatoms. The lowest BCUT2D eigenvalue weighted by Gasteiger charge is -2.36. The van der Waals surface area contributed by atoms with Crippen LogP contribution < -0.4 is 14.4 Å². The van der Waals surface area contributed by atoms with Crippen molar-refractivity contribution in [1.82, 2.24) is 4.90 Å². The fraction of sp³-hybridized carbons (Fsp3) is 0.348. The van der Waals surface area contributed by atoms with Crippen molar-refractivity contribution in [1.29, 1.82) is 0 Å². The molecule has 0 aliphatic carbocycles. The lowest BCUT2D eigenvalue weighted by Crippen LogP contribution is -2.49. The fourth-order valence-corrected chi connectivity index (χ4v) is 3.79. The van der Waals surface area contributed by atoms with Crippen molar-refractivity contribution >= 4 is 22.6 Å². The lowest BCUT2D eigenvalue weighted by atomic mass is 10.1. The molecule has 0 radical (unpaired) electrons. The SMILES string of the molecule is CCOc1ccccc1N1CCN(C(=O)Cc2coc3cc(OC)ccc23)CC1. The second kappa shape index (κ2) is 8.47. The van der Waals surface area contributed by atoms with Crippen molar-refractivity contribution in [2.45, 2.75) is 13.3 Å². The van der Waals surface area contributed by atoms with Crippen molar-refractivity contribution < 1.29 is 18.7 Å². The van der Waals surface area contributed by atoms with Gasteiger partial charge in [-0.05, 0) is 31.2 Å². The summed E-state index contributed by atoms with van der Waals surface area (Å²) in [6.45, 7) is 5.60. The monoisotopic (exact) mass is 394 g/mol. The summed E-state index contributed by atoms with van der Waals surface area (Å²) in [5.74, 6) is 1.77. The molecule has 1 aliphatic heterocycles. The molecule has 0 unspecified atom stereocenters. The van der Waals surface area contributed by atoms with E-state index in [9.17, 15) is 4.79 Å². The van der Waals surface area contributed by atoms with Gasteiger partial charge < -0.3 is 23.7 Å². The van der Waals surface area contributed by atoms with Gasteiger partial charge in [0.1, 0.15) is 17.1 Å². The number of anilines is 1. The van der Waals surface area contributed by atoms with Crippen LogP contribution in [0.15, 0.2) is 53.1 Å². The van der Waals surface area contributed by atoms with Crippen LogP contribution >= 0.6 is 0 Å². The number of carbonyl (C=O) groups excluding carboxylic acids is 1. The number of benzene rings is 2. The average Bonchev–Trinajstić information content (AvgIpc) is 3.16. The molecule has 2 aromatic carbocycles. The molecule has 4 rings (SSSR count). The number of ether oxygens (including phenoxy) is 2. The molecule has 6 nitrogen and oxygen atoms in total. The Balaban J connectivity index is 1.40. The molecule has 1 fully saturated rings. The summed E-state index contributed by atoms with van der Waals surface area (Å²) in [7, 11) is 1.63. The number of para-hydroxylation sites is 2. The number of methoxy groups -OCH3 is 1. The summed E-state index contributed by atoms with van der Waals surface area (Å²) < 4.78 is 16.6. The number of hydrogen-bond acceptors (Lipinski definition) is 5. The van der Waals surface area contributed by atoms with E-state index in [4.69, 9.17) is 13.9 Å². The first-order valence-corrected chi connectivity index (χ1v) is 9.98. The van der Waals surface area contributed by atoms with Gasteiger partial charge in [-0.1, -0.05) is 12.1 Å². The van der Waals surface area contributed by atoms with Gasteiger partial charge in [0.25, 0.3) is 0 Å². The zero-order valence-electron chi connectivity index (χ0n) is 16.9. The van der Waals surface area contributed by atoms with E-state index in [0.29, 0.717) is 26.1 Å². The summed E-state index contributed by atoms with van der Waals surface area (Å²) >= 11 is 0. The Kier molecular flexibility index (Phi) is 5.60. The Morgan fingerprint density at radius 2 is 1.90 bits per heavy atom. The van der Waals surface area contributed by atoms with E-state index < -0.39 is 0 Å². The molecular weight excluding hydrogens is 368 g/mol. The lowest BCUT2D eigenvalue weighted by molar-refractivity contribution is -0.130. The van der Waals surface area contributed by atoms with Crippen LogP contribution in [0, 0.1) is 0 Å². The summed E-state index contributed by atoms with van der Waals surface area (Å²) in [4.78, 5) is 17.1. The molecule has 1 amide bonds. The zero-order valence-corrected chi connectivity index (χ0v) is 16.9. The van der Waals surface area contributed by atoms with Gasteiger partial charge in [0.15, 0.2) is 0 Å². The number of piperazine rings is 1. The van der Waals surface area contributed by atoms with Gasteiger partial charge in [0.2, 0.25) is 5.91 Å². The summed E-state index contributed by atoms with van der Waals surface area (Å²) in [6.07, 6.45) is 2.02. The van der Waals surface area contributed by atoms with Gasteiger partial charge in [-0.25, -0.2) is 0 Å². The minimum absolute atomic E-state index is 0.126. The van der Waals surface area contributed by atoms with Gasteiger partial charge in [0, 0.05) is 43.2 Å². The Morgan fingerprint density at radius 1 is 1.10 bits per heavy atom. The number of hydrogen-bond donors (Lipinski definition) is 0. The summed E-state index contributed by atoms with van der Waals surface area (Å²) in [5, 5.41) is 0.962. The number of fused-ring (bicyclic) bond motifs is 1. The summed E-state index contributed by atoms with van der Waals surface area (Å²) in [6, 6.07) is 13.8. The Labute approximate surface area is 170 Å². The van der Waals surface area contributed by atoms with Gasteiger partial charge in [-0.15, -0.1) is 0 Å². The van der Waals surface area contributed by atoms with Crippen LogP contribution in [0.25, 0.3) is 11.0 Å². The molecular formula is C23H26N2O4. The number of nitrogens with zero attached hydrogens (tertiary/aromatic N) is 2. The largest absolute Gasteiger partial charge is 0.497 e. The maximum absolute atomic E-state index is 12.9. The number of carbonyl (C=O) groups is 1. The molecule has 3 aromatic rings. The zero-order chi connectivity index (χ0) is 20.2. The molecule has 2 heterocycles. The first-order chi connectivity index (χ1) is 14.2. The van der Waals surface area contributed by atoms with E-state index in [1.165, 1.54) is 0 Å². The molecule has 152 valence electrons. The highest BCUT2D eigenvalue weighted by Crippen LogP contribution is 2.29. The molecule has 29 heavy (non-hydrogen) atoms. The van der Waals surface area contributed by atoms with Gasteiger partial charge in [-0.3, -0.25) is 4.79 Å². The normalized spacial score (nSPS) is 14.3. The van der Waals surface area contributed by atoms with Crippen LogP contribution in [0.5, 0.6) is 11.5 Å². The number of amides is 1. The third-order valence-corrected chi connectivity index (χ3v) is 5.34. The van der Waals surface area contributed by atoms with Crippen molar-refractivity contribution in [3.05, 3.63) is 54.3 Å².